The lowest BCUT2D eigenvalue weighted by Crippen LogP contribution is -2.13. The van der Waals surface area contributed by atoms with E-state index in [0.717, 1.165) is 18.9 Å². The molecule has 5 N–H and O–H groups in total. The maximum Gasteiger partial charge on any atom is 0.227 e. The summed E-state index contributed by atoms with van der Waals surface area (Å²) in [4.78, 5) is 20.1. The summed E-state index contributed by atoms with van der Waals surface area (Å²) in [5.74, 6) is -1.63. The minimum Gasteiger partial charge on any atom is -0.383 e. The van der Waals surface area contributed by atoms with Crippen molar-refractivity contribution in [3.8, 4) is 11.1 Å². The molecule has 9 heteroatoms. The van der Waals surface area contributed by atoms with Gasteiger partial charge in [0, 0.05) is 22.7 Å². The van der Waals surface area contributed by atoms with Crippen LogP contribution in [0.5, 0.6) is 0 Å². The first kappa shape index (κ1) is 20.7. The minimum absolute atomic E-state index is 0.0155. The lowest BCUT2D eigenvalue weighted by molar-refractivity contribution is -0.117. The Morgan fingerprint density at radius 2 is 1.81 bits per heavy atom. The maximum absolute atomic E-state index is 13.8. The molecule has 1 aliphatic rings. The molecule has 1 aliphatic carbocycles. The number of rotatable bonds is 7. The number of hydrogen-bond acceptors (Lipinski definition) is 6. The Bertz CT molecular complexity index is 1120. The van der Waals surface area contributed by atoms with E-state index in [-0.39, 0.29) is 42.4 Å². The zero-order chi connectivity index (χ0) is 22.0. The summed E-state index contributed by atoms with van der Waals surface area (Å²) < 4.78 is 32.8. The third-order valence-electron chi connectivity index (χ3n) is 4.95. The fraction of sp³-hybridized carbons (Fsp3) is 0.227. The van der Waals surface area contributed by atoms with Gasteiger partial charge in [-0.2, -0.15) is 4.98 Å². The van der Waals surface area contributed by atoms with E-state index in [1.165, 1.54) is 12.1 Å². The molecule has 160 valence electrons. The third-order valence-corrected chi connectivity index (χ3v) is 4.95. The molecule has 2 aromatic carbocycles. The van der Waals surface area contributed by atoms with Gasteiger partial charge in [-0.15, -0.1) is 0 Å². The normalized spacial score (nSPS) is 13.2. The largest absolute Gasteiger partial charge is 0.383 e. The minimum atomic E-state index is -0.951. The first-order valence-electron chi connectivity index (χ1n) is 9.76. The second-order valence-corrected chi connectivity index (χ2v) is 7.34. The second-order valence-electron chi connectivity index (χ2n) is 7.34. The summed E-state index contributed by atoms with van der Waals surface area (Å²) in [5, 5.41) is 2.87. The van der Waals surface area contributed by atoms with Crippen LogP contribution >= 0.6 is 0 Å². The van der Waals surface area contributed by atoms with Crippen molar-refractivity contribution in [1.29, 1.82) is 0 Å². The van der Waals surface area contributed by atoms with Crippen molar-refractivity contribution >= 4 is 23.4 Å². The third kappa shape index (κ3) is 4.77. The van der Waals surface area contributed by atoms with Crippen LogP contribution < -0.4 is 16.8 Å². The molecule has 7 nitrogen and oxygen atoms in total. The van der Waals surface area contributed by atoms with Gasteiger partial charge in [0.2, 0.25) is 11.9 Å². The van der Waals surface area contributed by atoms with E-state index in [4.69, 9.17) is 16.2 Å². The molecule has 1 amide bonds. The van der Waals surface area contributed by atoms with Crippen molar-refractivity contribution in [3.63, 3.8) is 0 Å². The highest BCUT2D eigenvalue weighted by Crippen LogP contribution is 2.32. The topological polar surface area (TPSA) is 116 Å². The molecule has 0 atom stereocenters. The number of carbonyl (C=O) groups is 1. The molecule has 1 fully saturated rings. The lowest BCUT2D eigenvalue weighted by atomic mass is 10.0. The van der Waals surface area contributed by atoms with Gasteiger partial charge in [0.05, 0.1) is 18.9 Å². The van der Waals surface area contributed by atoms with Gasteiger partial charge in [-0.25, -0.2) is 13.8 Å². The Hall–Kier alpha value is -3.59. The number of nitrogens with one attached hydrogen (secondary N) is 1. The summed E-state index contributed by atoms with van der Waals surface area (Å²) in [5.41, 5.74) is 14.2. The SMILES string of the molecule is Nc1nc(N)c(-c2ccc(NC(=O)C3CC3)cc2)c(COCc2cccc(F)c2F)n1. The molecule has 0 spiro atoms. The van der Waals surface area contributed by atoms with Crippen LogP contribution in [0.15, 0.2) is 42.5 Å². The lowest BCUT2D eigenvalue weighted by Gasteiger charge is -2.13. The zero-order valence-electron chi connectivity index (χ0n) is 16.6. The molecule has 4 rings (SSSR count). The predicted octanol–water partition coefficient (Wildman–Crippen LogP) is 3.65. The van der Waals surface area contributed by atoms with E-state index >= 15 is 0 Å². The fourth-order valence-electron chi connectivity index (χ4n) is 3.19. The fourth-order valence-corrected chi connectivity index (χ4v) is 3.19. The number of halogens is 2. The number of aromatic nitrogens is 2. The molecule has 0 saturated heterocycles. The first-order chi connectivity index (χ1) is 14.9. The van der Waals surface area contributed by atoms with Gasteiger partial charge in [-0.1, -0.05) is 24.3 Å². The van der Waals surface area contributed by atoms with E-state index in [9.17, 15) is 13.6 Å². The van der Waals surface area contributed by atoms with Crippen molar-refractivity contribution < 1.29 is 18.3 Å². The summed E-state index contributed by atoms with van der Waals surface area (Å²) in [6, 6.07) is 11.0. The zero-order valence-corrected chi connectivity index (χ0v) is 16.6. The Morgan fingerprint density at radius 3 is 2.52 bits per heavy atom. The number of nitrogens with zero attached hydrogens (tertiary/aromatic N) is 2. The van der Waals surface area contributed by atoms with E-state index in [1.807, 2.05) is 0 Å². The van der Waals surface area contributed by atoms with Crippen LogP contribution in [0.25, 0.3) is 11.1 Å². The highest BCUT2D eigenvalue weighted by atomic mass is 19.2. The highest BCUT2D eigenvalue weighted by molar-refractivity contribution is 5.94. The van der Waals surface area contributed by atoms with Crippen LogP contribution in [0.1, 0.15) is 24.1 Å². The van der Waals surface area contributed by atoms with E-state index in [0.29, 0.717) is 22.5 Å². The van der Waals surface area contributed by atoms with Crippen molar-refractivity contribution in [2.75, 3.05) is 16.8 Å². The molecule has 1 heterocycles. The van der Waals surface area contributed by atoms with Gasteiger partial charge in [-0.05, 0) is 36.6 Å². The summed E-state index contributed by atoms with van der Waals surface area (Å²) in [6.45, 7) is -0.193. The molecular formula is C22H21F2N5O2. The van der Waals surface area contributed by atoms with E-state index in [2.05, 4.69) is 15.3 Å². The van der Waals surface area contributed by atoms with Crippen molar-refractivity contribution in [3.05, 3.63) is 65.4 Å². The second kappa shape index (κ2) is 8.65. The quantitative estimate of drug-likeness (QED) is 0.532. The summed E-state index contributed by atoms with van der Waals surface area (Å²) >= 11 is 0. The molecule has 1 saturated carbocycles. The van der Waals surface area contributed by atoms with Gasteiger partial charge < -0.3 is 21.5 Å². The average molecular weight is 425 g/mol. The Morgan fingerprint density at radius 1 is 1.06 bits per heavy atom. The van der Waals surface area contributed by atoms with Gasteiger partial charge >= 0.3 is 0 Å². The van der Waals surface area contributed by atoms with E-state index < -0.39 is 11.6 Å². The van der Waals surface area contributed by atoms with Crippen LogP contribution in [0.3, 0.4) is 0 Å². The molecule has 3 aromatic rings. The van der Waals surface area contributed by atoms with Crippen molar-refractivity contribution in [2.24, 2.45) is 5.92 Å². The molecule has 0 aliphatic heterocycles. The molecule has 31 heavy (non-hydrogen) atoms. The average Bonchev–Trinajstić information content (AvgIpc) is 3.57. The van der Waals surface area contributed by atoms with Crippen molar-refractivity contribution in [1.82, 2.24) is 9.97 Å². The monoisotopic (exact) mass is 425 g/mol. The van der Waals surface area contributed by atoms with Crippen LogP contribution in [0, 0.1) is 17.6 Å². The predicted molar refractivity (Wildman–Crippen MR) is 112 cm³/mol. The number of nitrogen functional groups attached to an aromatic ring is 2. The first-order valence-corrected chi connectivity index (χ1v) is 9.76. The number of hydrogen-bond donors (Lipinski definition) is 3. The molecular weight excluding hydrogens is 404 g/mol. The number of amides is 1. The highest BCUT2D eigenvalue weighted by Gasteiger charge is 2.29. The standard InChI is InChI=1S/C22H21F2N5O2/c23-16-3-1-2-14(19(16)24)10-31-11-17-18(20(25)29-22(26)28-17)12-6-8-15(9-7-12)27-21(30)13-4-5-13/h1-3,6-9,13H,4-5,10-11H2,(H,27,30)(H4,25,26,28,29). The molecule has 0 unspecified atom stereocenters. The summed E-state index contributed by atoms with van der Waals surface area (Å²) in [6.07, 6.45) is 1.85. The number of carbonyl (C=O) groups excluding carboxylic acids is 1. The van der Waals surface area contributed by atoms with Gasteiger partial charge in [-0.3, -0.25) is 4.79 Å². The number of ether oxygens (including phenoxy) is 1. The Labute approximate surface area is 177 Å². The number of benzene rings is 2. The maximum atomic E-state index is 13.8. The van der Waals surface area contributed by atoms with Crippen LogP contribution in [-0.2, 0) is 22.7 Å². The van der Waals surface area contributed by atoms with Crippen molar-refractivity contribution in [2.45, 2.75) is 26.1 Å². The Kier molecular flexibility index (Phi) is 5.77. The van der Waals surface area contributed by atoms with Gasteiger partial charge in [0.25, 0.3) is 0 Å². The number of nitrogens with two attached hydrogens (primary N) is 2. The smallest absolute Gasteiger partial charge is 0.227 e. The van der Waals surface area contributed by atoms with Crippen LogP contribution in [-0.4, -0.2) is 15.9 Å². The molecule has 1 aromatic heterocycles. The van der Waals surface area contributed by atoms with Gasteiger partial charge in [0.15, 0.2) is 11.6 Å². The summed E-state index contributed by atoms with van der Waals surface area (Å²) in [7, 11) is 0. The Balaban J connectivity index is 1.52. The van der Waals surface area contributed by atoms with Crippen LogP contribution in [0.4, 0.5) is 26.2 Å². The van der Waals surface area contributed by atoms with Crippen LogP contribution in [0.2, 0.25) is 0 Å². The molecule has 0 bridgehead atoms. The van der Waals surface area contributed by atoms with E-state index in [1.54, 1.807) is 24.3 Å². The molecule has 0 radical (unpaired) electrons. The number of anilines is 3. The van der Waals surface area contributed by atoms with Gasteiger partial charge in [0.1, 0.15) is 5.82 Å².